The van der Waals surface area contributed by atoms with Crippen molar-refractivity contribution in [2.24, 2.45) is 0 Å². The first-order valence-electron chi connectivity index (χ1n) is 7.56. The maximum Gasteiger partial charge on any atom is 0.338 e. The lowest BCUT2D eigenvalue weighted by atomic mass is 10.2. The van der Waals surface area contributed by atoms with Crippen LogP contribution in [-0.4, -0.2) is 30.3 Å². The lowest BCUT2D eigenvalue weighted by Crippen LogP contribution is -2.09. The molecule has 7 heteroatoms. The lowest BCUT2D eigenvalue weighted by Gasteiger charge is -2.12. The molecule has 0 saturated carbocycles. The molecule has 3 aromatic rings. The maximum atomic E-state index is 12.1. The summed E-state index contributed by atoms with van der Waals surface area (Å²) in [5, 5.41) is 7.87. The van der Waals surface area contributed by atoms with Crippen molar-refractivity contribution in [2.75, 3.05) is 19.0 Å². The van der Waals surface area contributed by atoms with Crippen molar-refractivity contribution >= 4 is 27.6 Å². The van der Waals surface area contributed by atoms with Crippen molar-refractivity contribution in [3.05, 3.63) is 64.5 Å². The quantitative estimate of drug-likeness (QED) is 0.603. The van der Waals surface area contributed by atoms with Gasteiger partial charge in [0.1, 0.15) is 0 Å². The zero-order valence-corrected chi connectivity index (χ0v) is 15.4. The number of anilines is 1. The molecule has 0 N–H and O–H groups in total. The van der Waals surface area contributed by atoms with E-state index in [0.29, 0.717) is 11.5 Å². The van der Waals surface area contributed by atoms with Crippen LogP contribution in [0.2, 0.25) is 0 Å². The van der Waals surface area contributed by atoms with Crippen molar-refractivity contribution in [2.45, 2.75) is 6.61 Å². The van der Waals surface area contributed by atoms with E-state index >= 15 is 0 Å². The summed E-state index contributed by atoms with van der Waals surface area (Å²) in [4.78, 5) is 14.0. The van der Waals surface area contributed by atoms with Crippen LogP contribution in [0.5, 0.6) is 0 Å². The molecule has 0 aliphatic rings. The third-order valence-electron chi connectivity index (χ3n) is 3.50. The standard InChI is InChI=1S/C18H16BrN3O3/c1-22(2)15-9-5-13(6-10-15)18(23)24-11-16-20-21-17(25-16)12-3-7-14(19)8-4-12/h3-10H,11H2,1-2H3. The van der Waals surface area contributed by atoms with E-state index in [1.807, 2.05) is 55.4 Å². The molecule has 2 aromatic carbocycles. The van der Waals surface area contributed by atoms with Crippen LogP contribution in [0.4, 0.5) is 5.69 Å². The van der Waals surface area contributed by atoms with E-state index in [4.69, 9.17) is 9.15 Å². The number of esters is 1. The number of ether oxygens (including phenoxy) is 1. The number of halogens is 1. The topological polar surface area (TPSA) is 68.5 Å². The number of carbonyl (C=O) groups excluding carboxylic acids is 1. The Bertz CT molecular complexity index is 858. The van der Waals surface area contributed by atoms with Gasteiger partial charge in [0.2, 0.25) is 5.89 Å². The van der Waals surface area contributed by atoms with E-state index in [1.54, 1.807) is 12.1 Å². The highest BCUT2D eigenvalue weighted by Gasteiger charge is 2.12. The molecule has 6 nitrogen and oxygen atoms in total. The van der Waals surface area contributed by atoms with Crippen LogP contribution in [0.25, 0.3) is 11.5 Å². The minimum absolute atomic E-state index is 0.0716. The van der Waals surface area contributed by atoms with Gasteiger partial charge >= 0.3 is 5.97 Å². The van der Waals surface area contributed by atoms with E-state index < -0.39 is 5.97 Å². The Morgan fingerprint density at radius 2 is 1.76 bits per heavy atom. The molecule has 3 rings (SSSR count). The number of rotatable bonds is 5. The summed E-state index contributed by atoms with van der Waals surface area (Å²) in [6.45, 7) is -0.0716. The fourth-order valence-corrected chi connectivity index (χ4v) is 2.39. The van der Waals surface area contributed by atoms with Gasteiger partial charge in [-0.25, -0.2) is 4.79 Å². The van der Waals surface area contributed by atoms with E-state index in [0.717, 1.165) is 15.7 Å². The molecule has 0 atom stereocenters. The Labute approximate surface area is 153 Å². The normalized spacial score (nSPS) is 10.5. The Balaban J connectivity index is 1.61. The van der Waals surface area contributed by atoms with Gasteiger partial charge in [-0.2, -0.15) is 0 Å². The maximum absolute atomic E-state index is 12.1. The fourth-order valence-electron chi connectivity index (χ4n) is 2.13. The van der Waals surface area contributed by atoms with Crippen LogP contribution >= 0.6 is 15.9 Å². The Morgan fingerprint density at radius 3 is 2.40 bits per heavy atom. The van der Waals surface area contributed by atoms with Crippen LogP contribution in [-0.2, 0) is 11.3 Å². The summed E-state index contributed by atoms with van der Waals surface area (Å²) in [5.41, 5.74) is 2.28. The number of hydrogen-bond donors (Lipinski definition) is 0. The number of benzene rings is 2. The summed E-state index contributed by atoms with van der Waals surface area (Å²) in [7, 11) is 3.87. The second-order valence-electron chi connectivity index (χ2n) is 5.53. The molecular weight excluding hydrogens is 386 g/mol. The van der Waals surface area contributed by atoms with Crippen molar-refractivity contribution in [1.29, 1.82) is 0 Å². The van der Waals surface area contributed by atoms with Crippen LogP contribution in [0.3, 0.4) is 0 Å². The van der Waals surface area contributed by atoms with Crippen molar-refractivity contribution in [3.8, 4) is 11.5 Å². The first kappa shape index (κ1) is 17.2. The average Bonchev–Trinajstić information content (AvgIpc) is 3.09. The number of carbonyl (C=O) groups is 1. The van der Waals surface area contributed by atoms with Crippen LogP contribution in [0.15, 0.2) is 57.4 Å². The van der Waals surface area contributed by atoms with Crippen molar-refractivity contribution in [3.63, 3.8) is 0 Å². The van der Waals surface area contributed by atoms with E-state index in [9.17, 15) is 4.79 Å². The highest BCUT2D eigenvalue weighted by atomic mass is 79.9. The van der Waals surface area contributed by atoms with Crippen LogP contribution in [0, 0.1) is 0 Å². The zero-order chi connectivity index (χ0) is 17.8. The van der Waals surface area contributed by atoms with Gasteiger partial charge in [-0.1, -0.05) is 15.9 Å². The minimum atomic E-state index is -0.436. The minimum Gasteiger partial charge on any atom is -0.452 e. The predicted octanol–water partition coefficient (Wildman–Crippen LogP) is 3.92. The van der Waals surface area contributed by atoms with Gasteiger partial charge < -0.3 is 14.1 Å². The summed E-state index contributed by atoms with van der Waals surface area (Å²) in [5.74, 6) is 0.193. The lowest BCUT2D eigenvalue weighted by molar-refractivity contribution is 0.0438. The molecule has 0 unspecified atom stereocenters. The molecule has 128 valence electrons. The summed E-state index contributed by atoms with van der Waals surface area (Å²) in [6.07, 6.45) is 0. The first-order chi connectivity index (χ1) is 12.0. The summed E-state index contributed by atoms with van der Waals surface area (Å²) in [6, 6.07) is 14.6. The van der Waals surface area contributed by atoms with Crippen molar-refractivity contribution < 1.29 is 13.9 Å². The molecule has 0 aliphatic carbocycles. The number of hydrogen-bond acceptors (Lipinski definition) is 6. The molecule has 0 fully saturated rings. The third-order valence-corrected chi connectivity index (χ3v) is 4.03. The summed E-state index contributed by atoms with van der Waals surface area (Å²) >= 11 is 3.37. The molecule has 0 aliphatic heterocycles. The molecule has 1 aromatic heterocycles. The van der Waals surface area contributed by atoms with Crippen LogP contribution < -0.4 is 4.90 Å². The van der Waals surface area contributed by atoms with Gasteiger partial charge in [0.25, 0.3) is 5.89 Å². The molecule has 0 radical (unpaired) electrons. The van der Waals surface area contributed by atoms with E-state index in [1.165, 1.54) is 0 Å². The largest absolute Gasteiger partial charge is 0.452 e. The smallest absolute Gasteiger partial charge is 0.338 e. The second-order valence-corrected chi connectivity index (χ2v) is 6.44. The van der Waals surface area contributed by atoms with Crippen molar-refractivity contribution in [1.82, 2.24) is 10.2 Å². The molecule has 25 heavy (non-hydrogen) atoms. The van der Waals surface area contributed by atoms with Gasteiger partial charge in [-0.05, 0) is 48.5 Å². The van der Waals surface area contributed by atoms with Gasteiger partial charge in [0.05, 0.1) is 5.56 Å². The fraction of sp³-hybridized carbons (Fsp3) is 0.167. The van der Waals surface area contributed by atoms with Gasteiger partial charge in [-0.15, -0.1) is 10.2 Å². The summed E-state index contributed by atoms with van der Waals surface area (Å²) < 4.78 is 11.7. The zero-order valence-electron chi connectivity index (χ0n) is 13.8. The third kappa shape index (κ3) is 4.24. The Morgan fingerprint density at radius 1 is 1.08 bits per heavy atom. The molecule has 0 amide bonds. The first-order valence-corrected chi connectivity index (χ1v) is 8.35. The highest BCUT2D eigenvalue weighted by molar-refractivity contribution is 9.10. The molecule has 0 saturated heterocycles. The molecular formula is C18H16BrN3O3. The molecule has 0 spiro atoms. The Hall–Kier alpha value is -2.67. The highest BCUT2D eigenvalue weighted by Crippen LogP contribution is 2.21. The molecule has 1 heterocycles. The van der Waals surface area contributed by atoms with Gasteiger partial charge in [0, 0.05) is 29.8 Å². The predicted molar refractivity (Wildman–Crippen MR) is 97.3 cm³/mol. The molecule has 0 bridgehead atoms. The van der Waals surface area contributed by atoms with E-state index in [-0.39, 0.29) is 12.5 Å². The average molecular weight is 402 g/mol. The number of aromatic nitrogens is 2. The number of nitrogens with zero attached hydrogens (tertiary/aromatic N) is 3. The monoisotopic (exact) mass is 401 g/mol. The van der Waals surface area contributed by atoms with Crippen LogP contribution in [0.1, 0.15) is 16.2 Å². The van der Waals surface area contributed by atoms with Gasteiger partial charge in [0.15, 0.2) is 6.61 Å². The van der Waals surface area contributed by atoms with Gasteiger partial charge in [-0.3, -0.25) is 0 Å². The SMILES string of the molecule is CN(C)c1ccc(C(=O)OCc2nnc(-c3ccc(Br)cc3)o2)cc1. The van der Waals surface area contributed by atoms with E-state index in [2.05, 4.69) is 26.1 Å². The Kier molecular flexibility index (Phi) is 5.14. The second kappa shape index (κ2) is 7.48.